The highest BCUT2D eigenvalue weighted by molar-refractivity contribution is 7.99. The lowest BCUT2D eigenvalue weighted by Crippen LogP contribution is -2.23. The van der Waals surface area contributed by atoms with Gasteiger partial charge in [-0.15, -0.1) is 11.8 Å². The molecular formula is C17H22N2S. The van der Waals surface area contributed by atoms with Gasteiger partial charge in [-0.1, -0.05) is 32.0 Å². The van der Waals surface area contributed by atoms with Crippen LogP contribution in [0.4, 0.5) is 0 Å². The first kappa shape index (κ1) is 15.1. The second-order valence-electron chi connectivity index (χ2n) is 4.64. The van der Waals surface area contributed by atoms with Gasteiger partial charge in [0.05, 0.1) is 0 Å². The third kappa shape index (κ3) is 4.36. The van der Waals surface area contributed by atoms with E-state index in [1.54, 1.807) is 0 Å². The molecule has 0 amide bonds. The van der Waals surface area contributed by atoms with Crippen molar-refractivity contribution in [1.29, 1.82) is 0 Å². The van der Waals surface area contributed by atoms with Crippen LogP contribution in [0, 0.1) is 0 Å². The molecule has 1 heterocycles. The maximum Gasteiger partial charge on any atom is 0.0422 e. The predicted octanol–water partition coefficient (Wildman–Crippen LogP) is 4.09. The number of pyridine rings is 1. The van der Waals surface area contributed by atoms with Crippen LogP contribution in [0.5, 0.6) is 0 Å². The van der Waals surface area contributed by atoms with Crippen LogP contribution >= 0.6 is 11.8 Å². The summed E-state index contributed by atoms with van der Waals surface area (Å²) in [6, 6.07) is 15.3. The summed E-state index contributed by atoms with van der Waals surface area (Å²) in [6.45, 7) is 5.29. The largest absolute Gasteiger partial charge is 0.310 e. The van der Waals surface area contributed by atoms with Crippen LogP contribution in [0.2, 0.25) is 0 Å². The average Bonchev–Trinajstić information content (AvgIpc) is 2.49. The Morgan fingerprint density at radius 2 is 1.90 bits per heavy atom. The van der Waals surface area contributed by atoms with Gasteiger partial charge >= 0.3 is 0 Å². The van der Waals surface area contributed by atoms with Crippen LogP contribution in [0.3, 0.4) is 0 Å². The monoisotopic (exact) mass is 286 g/mol. The van der Waals surface area contributed by atoms with Gasteiger partial charge in [0.25, 0.3) is 0 Å². The molecule has 0 spiro atoms. The van der Waals surface area contributed by atoms with Gasteiger partial charge in [0.1, 0.15) is 0 Å². The molecule has 106 valence electrons. The Bertz CT molecular complexity index is 496. The third-order valence-corrected chi connectivity index (χ3v) is 4.08. The Labute approximate surface area is 126 Å². The molecule has 0 fully saturated rings. The second kappa shape index (κ2) is 8.08. The molecule has 1 N–H and O–H groups in total. The quantitative estimate of drug-likeness (QED) is 0.776. The van der Waals surface area contributed by atoms with E-state index in [0.29, 0.717) is 6.04 Å². The molecule has 1 aromatic heterocycles. The third-order valence-electron chi connectivity index (χ3n) is 3.18. The van der Waals surface area contributed by atoms with Gasteiger partial charge in [-0.05, 0) is 42.1 Å². The second-order valence-corrected chi connectivity index (χ2v) is 5.97. The van der Waals surface area contributed by atoms with Gasteiger partial charge in [0.2, 0.25) is 0 Å². The molecule has 1 atom stereocenters. The predicted molar refractivity (Wildman–Crippen MR) is 87.2 cm³/mol. The van der Waals surface area contributed by atoms with Gasteiger partial charge in [-0.3, -0.25) is 4.98 Å². The van der Waals surface area contributed by atoms with Gasteiger partial charge in [-0.2, -0.15) is 0 Å². The number of rotatable bonds is 7. The number of likely N-dealkylation sites (N-methyl/N-ethyl adjacent to an activating group) is 1. The van der Waals surface area contributed by atoms with Crippen molar-refractivity contribution in [3.8, 4) is 0 Å². The maximum atomic E-state index is 4.43. The van der Waals surface area contributed by atoms with Crippen LogP contribution in [0.1, 0.15) is 31.1 Å². The Balaban J connectivity index is 2.11. The molecule has 2 aromatic rings. The molecule has 0 bridgehead atoms. The fraction of sp³-hybridized carbons (Fsp3) is 0.353. The molecule has 20 heavy (non-hydrogen) atoms. The van der Waals surface area contributed by atoms with Gasteiger partial charge < -0.3 is 5.32 Å². The van der Waals surface area contributed by atoms with Crippen molar-refractivity contribution >= 4 is 11.8 Å². The van der Waals surface area contributed by atoms with E-state index < -0.39 is 0 Å². The molecule has 1 unspecified atom stereocenters. The van der Waals surface area contributed by atoms with Gasteiger partial charge in [0, 0.05) is 29.2 Å². The number of hydrogen-bond donors (Lipinski definition) is 1. The minimum Gasteiger partial charge on any atom is -0.310 e. The lowest BCUT2D eigenvalue weighted by Gasteiger charge is -2.18. The normalized spacial score (nSPS) is 12.3. The van der Waals surface area contributed by atoms with Crippen molar-refractivity contribution in [3.05, 3.63) is 59.9 Å². The highest BCUT2D eigenvalue weighted by atomic mass is 32.2. The summed E-state index contributed by atoms with van der Waals surface area (Å²) in [7, 11) is 0. The van der Waals surface area contributed by atoms with E-state index in [0.717, 1.165) is 24.4 Å². The van der Waals surface area contributed by atoms with Crippen LogP contribution in [-0.2, 0) is 6.42 Å². The Hall–Kier alpha value is -1.32. The molecule has 0 radical (unpaired) electrons. The summed E-state index contributed by atoms with van der Waals surface area (Å²) in [4.78, 5) is 5.77. The number of benzene rings is 1. The lowest BCUT2D eigenvalue weighted by molar-refractivity contribution is 0.544. The van der Waals surface area contributed by atoms with E-state index in [2.05, 4.69) is 54.5 Å². The van der Waals surface area contributed by atoms with Crippen LogP contribution in [0.15, 0.2) is 53.6 Å². The van der Waals surface area contributed by atoms with Crippen LogP contribution in [-0.4, -0.2) is 17.3 Å². The van der Waals surface area contributed by atoms with Crippen molar-refractivity contribution in [3.63, 3.8) is 0 Å². The Kier molecular flexibility index (Phi) is 6.09. The summed E-state index contributed by atoms with van der Waals surface area (Å²) < 4.78 is 0. The molecule has 0 aliphatic rings. The molecule has 2 nitrogen and oxygen atoms in total. The van der Waals surface area contributed by atoms with Crippen molar-refractivity contribution in [1.82, 2.24) is 10.3 Å². The highest BCUT2D eigenvalue weighted by Gasteiger charge is 2.11. The van der Waals surface area contributed by atoms with Gasteiger partial charge in [-0.25, -0.2) is 0 Å². The minimum atomic E-state index is 0.329. The molecule has 2 rings (SSSR count). The first-order valence-electron chi connectivity index (χ1n) is 7.19. The number of nitrogens with zero attached hydrogens (tertiary/aromatic N) is 1. The standard InChI is InChI=1S/C17H22N2S/c1-3-18-17(13-15-7-5-6-12-19-15)14-8-10-16(11-9-14)20-4-2/h5-12,17-18H,3-4,13H2,1-2H3. The first-order valence-corrected chi connectivity index (χ1v) is 8.18. The van der Waals surface area contributed by atoms with Crippen LogP contribution < -0.4 is 5.32 Å². The highest BCUT2D eigenvalue weighted by Crippen LogP contribution is 2.22. The van der Waals surface area contributed by atoms with Crippen molar-refractivity contribution in [2.75, 3.05) is 12.3 Å². The van der Waals surface area contributed by atoms with E-state index in [4.69, 9.17) is 0 Å². The zero-order valence-electron chi connectivity index (χ0n) is 12.2. The van der Waals surface area contributed by atoms with E-state index in [9.17, 15) is 0 Å². The minimum absolute atomic E-state index is 0.329. The molecule has 0 aliphatic carbocycles. The molecule has 1 aromatic carbocycles. The van der Waals surface area contributed by atoms with E-state index in [-0.39, 0.29) is 0 Å². The summed E-state index contributed by atoms with van der Waals surface area (Å²) in [5.74, 6) is 1.12. The molecule has 0 saturated carbocycles. The zero-order valence-corrected chi connectivity index (χ0v) is 13.0. The summed E-state index contributed by atoms with van der Waals surface area (Å²) in [5, 5.41) is 3.55. The summed E-state index contributed by atoms with van der Waals surface area (Å²) in [5.41, 5.74) is 2.46. The fourth-order valence-corrected chi connectivity index (χ4v) is 2.91. The first-order chi connectivity index (χ1) is 9.83. The Morgan fingerprint density at radius 3 is 2.50 bits per heavy atom. The zero-order chi connectivity index (χ0) is 14.2. The van der Waals surface area contributed by atoms with Crippen molar-refractivity contribution < 1.29 is 0 Å². The topological polar surface area (TPSA) is 24.9 Å². The molecule has 3 heteroatoms. The van der Waals surface area contributed by atoms with Gasteiger partial charge in [0.15, 0.2) is 0 Å². The van der Waals surface area contributed by atoms with Crippen molar-refractivity contribution in [2.45, 2.75) is 31.2 Å². The number of hydrogen-bond acceptors (Lipinski definition) is 3. The molecule has 0 saturated heterocycles. The Morgan fingerprint density at radius 1 is 1.10 bits per heavy atom. The number of thioether (sulfide) groups is 1. The molecule has 0 aliphatic heterocycles. The number of nitrogens with one attached hydrogen (secondary N) is 1. The number of aromatic nitrogens is 1. The van der Waals surface area contributed by atoms with E-state index in [1.807, 2.05) is 30.1 Å². The van der Waals surface area contributed by atoms with E-state index in [1.165, 1.54) is 10.5 Å². The molecular weight excluding hydrogens is 264 g/mol. The average molecular weight is 286 g/mol. The van der Waals surface area contributed by atoms with E-state index >= 15 is 0 Å². The summed E-state index contributed by atoms with van der Waals surface area (Å²) in [6.07, 6.45) is 2.79. The smallest absolute Gasteiger partial charge is 0.0422 e. The van der Waals surface area contributed by atoms with Crippen molar-refractivity contribution in [2.24, 2.45) is 0 Å². The fourth-order valence-electron chi connectivity index (χ4n) is 2.25. The van der Waals surface area contributed by atoms with Crippen LogP contribution in [0.25, 0.3) is 0 Å². The maximum absolute atomic E-state index is 4.43. The SMILES string of the molecule is CCNC(Cc1ccccn1)c1ccc(SCC)cc1. The lowest BCUT2D eigenvalue weighted by atomic mass is 10.0. The summed E-state index contributed by atoms with van der Waals surface area (Å²) >= 11 is 1.88.